The molecular weight excluding hydrogens is 216 g/mol. The molecular formula is C13H16N2O2. The summed E-state index contributed by atoms with van der Waals surface area (Å²) < 4.78 is 5.12. The van der Waals surface area contributed by atoms with Crippen LogP contribution < -0.4 is 10.1 Å². The first-order valence-electron chi connectivity index (χ1n) is 5.95. The van der Waals surface area contributed by atoms with Crippen LogP contribution in [-0.4, -0.2) is 36.5 Å². The molecule has 1 N–H and O–H groups in total. The molecule has 0 spiro atoms. The van der Waals surface area contributed by atoms with E-state index in [4.69, 9.17) is 4.74 Å². The third-order valence-corrected chi connectivity index (χ3v) is 3.64. The highest BCUT2D eigenvalue weighted by Crippen LogP contribution is 2.26. The van der Waals surface area contributed by atoms with Gasteiger partial charge in [0.1, 0.15) is 5.75 Å². The Morgan fingerprint density at radius 3 is 2.76 bits per heavy atom. The van der Waals surface area contributed by atoms with Gasteiger partial charge in [-0.1, -0.05) is 12.1 Å². The summed E-state index contributed by atoms with van der Waals surface area (Å²) in [7, 11) is 1.66. The number of carbonyl (C=O) groups excluding carboxylic acids is 1. The van der Waals surface area contributed by atoms with Crippen LogP contribution in [-0.2, 0) is 11.3 Å². The van der Waals surface area contributed by atoms with Crippen molar-refractivity contribution in [2.45, 2.75) is 25.0 Å². The number of nitrogens with zero attached hydrogens (tertiary/aromatic N) is 1. The highest BCUT2D eigenvalue weighted by Gasteiger charge is 2.44. The van der Waals surface area contributed by atoms with Crippen LogP contribution in [0, 0.1) is 0 Å². The van der Waals surface area contributed by atoms with Gasteiger partial charge in [-0.25, -0.2) is 0 Å². The summed E-state index contributed by atoms with van der Waals surface area (Å²) >= 11 is 0. The van der Waals surface area contributed by atoms with Crippen molar-refractivity contribution in [3.05, 3.63) is 29.8 Å². The first-order chi connectivity index (χ1) is 8.28. The van der Waals surface area contributed by atoms with Crippen LogP contribution in [0.3, 0.4) is 0 Å². The molecule has 17 heavy (non-hydrogen) atoms. The molecule has 2 saturated heterocycles. The molecule has 2 aliphatic heterocycles. The minimum Gasteiger partial charge on any atom is -0.497 e. The molecule has 1 aromatic rings. The second-order valence-corrected chi connectivity index (χ2v) is 4.66. The van der Waals surface area contributed by atoms with Gasteiger partial charge >= 0.3 is 0 Å². The Kier molecular flexibility index (Phi) is 2.52. The van der Waals surface area contributed by atoms with Gasteiger partial charge in [-0.15, -0.1) is 0 Å². The molecule has 0 radical (unpaired) electrons. The molecule has 2 atom stereocenters. The number of piperazine rings is 1. The van der Waals surface area contributed by atoms with Crippen LogP contribution >= 0.6 is 0 Å². The van der Waals surface area contributed by atoms with Crippen LogP contribution in [0.1, 0.15) is 12.0 Å². The number of carbonyl (C=O) groups is 1. The van der Waals surface area contributed by atoms with E-state index in [1.807, 2.05) is 29.2 Å². The lowest BCUT2D eigenvalue weighted by Crippen LogP contribution is -2.47. The van der Waals surface area contributed by atoms with Crippen LogP contribution in [0.2, 0.25) is 0 Å². The molecule has 2 heterocycles. The summed E-state index contributed by atoms with van der Waals surface area (Å²) in [4.78, 5) is 13.9. The van der Waals surface area contributed by atoms with Crippen molar-refractivity contribution >= 4 is 5.91 Å². The zero-order valence-corrected chi connectivity index (χ0v) is 9.85. The van der Waals surface area contributed by atoms with Gasteiger partial charge in [0, 0.05) is 19.1 Å². The average Bonchev–Trinajstić information content (AvgIpc) is 2.94. The molecule has 2 fully saturated rings. The average molecular weight is 232 g/mol. The third kappa shape index (κ3) is 1.78. The predicted molar refractivity (Wildman–Crippen MR) is 63.7 cm³/mol. The summed E-state index contributed by atoms with van der Waals surface area (Å²) in [6, 6.07) is 8.36. The topological polar surface area (TPSA) is 41.6 Å². The Morgan fingerprint density at radius 1 is 1.41 bits per heavy atom. The zero-order chi connectivity index (χ0) is 11.8. The Bertz CT molecular complexity index is 430. The number of likely N-dealkylation sites (tertiary alicyclic amines) is 1. The number of benzene rings is 1. The van der Waals surface area contributed by atoms with Crippen molar-refractivity contribution < 1.29 is 9.53 Å². The fourth-order valence-corrected chi connectivity index (χ4v) is 2.66. The van der Waals surface area contributed by atoms with Gasteiger partial charge in [0.25, 0.3) is 0 Å². The van der Waals surface area contributed by atoms with E-state index in [0.29, 0.717) is 12.6 Å². The number of hydrogen-bond acceptors (Lipinski definition) is 3. The highest BCUT2D eigenvalue weighted by molar-refractivity contribution is 5.85. The fraction of sp³-hybridized carbons (Fsp3) is 0.462. The zero-order valence-electron chi connectivity index (χ0n) is 9.85. The van der Waals surface area contributed by atoms with Crippen LogP contribution in [0.15, 0.2) is 24.3 Å². The van der Waals surface area contributed by atoms with Gasteiger partial charge in [-0.3, -0.25) is 4.79 Å². The Labute approximate surface area is 101 Å². The van der Waals surface area contributed by atoms with Crippen molar-refractivity contribution in [1.82, 2.24) is 10.2 Å². The van der Waals surface area contributed by atoms with Crippen molar-refractivity contribution in [2.75, 3.05) is 13.7 Å². The van der Waals surface area contributed by atoms with E-state index in [-0.39, 0.29) is 11.9 Å². The normalized spacial score (nSPS) is 26.6. The Balaban J connectivity index is 1.72. The van der Waals surface area contributed by atoms with E-state index in [1.54, 1.807) is 7.11 Å². The summed E-state index contributed by atoms with van der Waals surface area (Å²) in [5, 5.41) is 3.23. The number of fused-ring (bicyclic) bond motifs is 2. The molecule has 0 saturated carbocycles. The molecule has 2 aliphatic rings. The van der Waals surface area contributed by atoms with Gasteiger partial charge < -0.3 is 15.0 Å². The summed E-state index contributed by atoms with van der Waals surface area (Å²) in [6.45, 7) is 1.65. The molecule has 4 heteroatoms. The van der Waals surface area contributed by atoms with Crippen LogP contribution in [0.4, 0.5) is 0 Å². The van der Waals surface area contributed by atoms with Crippen molar-refractivity contribution in [3.8, 4) is 5.75 Å². The third-order valence-electron chi connectivity index (χ3n) is 3.64. The van der Waals surface area contributed by atoms with Gasteiger partial charge in [-0.05, 0) is 24.1 Å². The molecule has 1 amide bonds. The van der Waals surface area contributed by atoms with Gasteiger partial charge in [0.2, 0.25) is 5.91 Å². The SMILES string of the molecule is COc1ccc(CN2C(=O)C3CC2CN3)cc1. The highest BCUT2D eigenvalue weighted by atomic mass is 16.5. The van der Waals surface area contributed by atoms with Crippen molar-refractivity contribution in [2.24, 2.45) is 0 Å². The number of amides is 1. The molecule has 1 aromatic carbocycles. The van der Waals surface area contributed by atoms with E-state index in [2.05, 4.69) is 5.32 Å². The standard InChI is InChI=1S/C13H16N2O2/c1-17-11-4-2-9(3-5-11)8-15-10-6-12(13(15)16)14-7-10/h2-5,10,12,14H,6-8H2,1H3. The Hall–Kier alpha value is -1.55. The number of nitrogens with one attached hydrogen (secondary N) is 1. The molecule has 2 unspecified atom stereocenters. The summed E-state index contributed by atoms with van der Waals surface area (Å²) in [5.74, 6) is 1.10. The molecule has 0 aromatic heterocycles. The maximum atomic E-state index is 11.9. The first kappa shape index (κ1) is 10.6. The predicted octanol–water partition coefficient (Wildman–Crippen LogP) is 0.768. The van der Waals surface area contributed by atoms with E-state index < -0.39 is 0 Å². The molecule has 4 nitrogen and oxygen atoms in total. The van der Waals surface area contributed by atoms with Gasteiger partial charge in [-0.2, -0.15) is 0 Å². The lowest BCUT2D eigenvalue weighted by molar-refractivity contribution is -0.132. The monoisotopic (exact) mass is 232 g/mol. The maximum absolute atomic E-state index is 11.9. The minimum atomic E-state index is 0.0678. The number of hydrogen-bond donors (Lipinski definition) is 1. The van der Waals surface area contributed by atoms with Gasteiger partial charge in [0.05, 0.1) is 13.2 Å². The van der Waals surface area contributed by atoms with Crippen molar-refractivity contribution in [1.29, 1.82) is 0 Å². The first-order valence-corrected chi connectivity index (χ1v) is 5.95. The Morgan fingerprint density at radius 2 is 2.18 bits per heavy atom. The lowest BCUT2D eigenvalue weighted by Gasteiger charge is -2.27. The van der Waals surface area contributed by atoms with Crippen LogP contribution in [0.25, 0.3) is 0 Å². The van der Waals surface area contributed by atoms with E-state index in [9.17, 15) is 4.79 Å². The molecule has 3 rings (SSSR count). The molecule has 2 bridgehead atoms. The smallest absolute Gasteiger partial charge is 0.240 e. The fourth-order valence-electron chi connectivity index (χ4n) is 2.66. The number of rotatable bonds is 3. The maximum Gasteiger partial charge on any atom is 0.240 e. The molecule has 0 aliphatic carbocycles. The largest absolute Gasteiger partial charge is 0.497 e. The van der Waals surface area contributed by atoms with Crippen LogP contribution in [0.5, 0.6) is 5.75 Å². The second-order valence-electron chi connectivity index (χ2n) is 4.66. The van der Waals surface area contributed by atoms with E-state index in [0.717, 1.165) is 24.3 Å². The number of ether oxygens (including phenoxy) is 1. The number of methoxy groups -OCH3 is 1. The van der Waals surface area contributed by atoms with Crippen molar-refractivity contribution in [3.63, 3.8) is 0 Å². The minimum absolute atomic E-state index is 0.0678. The van der Waals surface area contributed by atoms with E-state index >= 15 is 0 Å². The summed E-state index contributed by atoms with van der Waals surface area (Å²) in [6.07, 6.45) is 0.967. The summed E-state index contributed by atoms with van der Waals surface area (Å²) in [5.41, 5.74) is 1.16. The quantitative estimate of drug-likeness (QED) is 0.837. The van der Waals surface area contributed by atoms with Gasteiger partial charge in [0.15, 0.2) is 0 Å². The lowest BCUT2D eigenvalue weighted by atomic mass is 10.2. The molecule has 90 valence electrons. The van der Waals surface area contributed by atoms with E-state index in [1.165, 1.54) is 0 Å². The second kappa shape index (κ2) is 4.04.